The van der Waals surface area contributed by atoms with Crippen molar-refractivity contribution in [3.05, 3.63) is 16.4 Å². The fraction of sp³-hybridized carbons (Fsp3) is 0.786. The van der Waals surface area contributed by atoms with E-state index in [-0.39, 0.29) is 6.04 Å². The zero-order valence-electron chi connectivity index (χ0n) is 12.3. The van der Waals surface area contributed by atoms with Crippen molar-refractivity contribution in [3.63, 3.8) is 0 Å². The first-order valence-corrected chi connectivity index (χ1v) is 8.27. The van der Waals surface area contributed by atoms with Crippen LogP contribution in [0.3, 0.4) is 0 Å². The summed E-state index contributed by atoms with van der Waals surface area (Å²) in [5.41, 5.74) is 4.12. The van der Waals surface area contributed by atoms with Crippen molar-refractivity contribution < 1.29 is 4.74 Å². The lowest BCUT2D eigenvalue weighted by atomic mass is 9.78. The molecule has 114 valence electrons. The van der Waals surface area contributed by atoms with Crippen molar-refractivity contribution >= 4 is 15.9 Å². The molecule has 5 nitrogen and oxygen atoms in total. The zero-order valence-corrected chi connectivity index (χ0v) is 13.9. The number of nitrogens with two attached hydrogens (primary N) is 1. The summed E-state index contributed by atoms with van der Waals surface area (Å²) in [5, 5.41) is 4.42. The molecule has 1 fully saturated rings. The van der Waals surface area contributed by atoms with Gasteiger partial charge in [-0.15, -0.1) is 0 Å². The Morgan fingerprint density at radius 2 is 2.30 bits per heavy atom. The van der Waals surface area contributed by atoms with Crippen LogP contribution in [0.1, 0.15) is 51.3 Å². The summed E-state index contributed by atoms with van der Waals surface area (Å²) in [5.74, 6) is 6.46. The van der Waals surface area contributed by atoms with Crippen molar-refractivity contribution in [1.29, 1.82) is 0 Å². The molecule has 0 aromatic carbocycles. The summed E-state index contributed by atoms with van der Waals surface area (Å²) in [7, 11) is 0. The molecule has 1 aromatic rings. The van der Waals surface area contributed by atoms with Gasteiger partial charge in [-0.25, -0.2) is 0 Å². The minimum absolute atomic E-state index is 0.144. The summed E-state index contributed by atoms with van der Waals surface area (Å²) in [6.45, 7) is 5.94. The van der Waals surface area contributed by atoms with Crippen LogP contribution in [-0.2, 0) is 11.3 Å². The average Bonchev–Trinajstić information content (AvgIpc) is 2.74. The van der Waals surface area contributed by atoms with Crippen LogP contribution < -0.4 is 11.3 Å². The number of aryl methyl sites for hydroxylation is 1. The SMILES string of the molecule is CCCn1ncc(Br)c1C(CC1CC(OCC)C1)NN. The molecule has 0 spiro atoms. The summed E-state index contributed by atoms with van der Waals surface area (Å²) in [4.78, 5) is 0. The van der Waals surface area contributed by atoms with Gasteiger partial charge in [-0.3, -0.25) is 16.0 Å². The molecule has 1 aromatic heterocycles. The zero-order chi connectivity index (χ0) is 14.5. The maximum absolute atomic E-state index is 5.78. The summed E-state index contributed by atoms with van der Waals surface area (Å²) in [6, 6.07) is 0.144. The first kappa shape index (κ1) is 15.9. The largest absolute Gasteiger partial charge is 0.378 e. The maximum atomic E-state index is 5.78. The van der Waals surface area contributed by atoms with Gasteiger partial charge in [0.25, 0.3) is 0 Å². The highest BCUT2D eigenvalue weighted by Gasteiger charge is 2.33. The predicted octanol–water partition coefficient (Wildman–Crippen LogP) is 2.77. The Morgan fingerprint density at radius 3 is 2.90 bits per heavy atom. The van der Waals surface area contributed by atoms with E-state index in [9.17, 15) is 0 Å². The molecule has 1 heterocycles. The number of nitrogens with zero attached hydrogens (tertiary/aromatic N) is 2. The molecule has 0 saturated heterocycles. The third-order valence-electron chi connectivity index (χ3n) is 3.96. The lowest BCUT2D eigenvalue weighted by Crippen LogP contribution is -2.37. The second-order valence-electron chi connectivity index (χ2n) is 5.47. The Hall–Kier alpha value is -0.430. The Kier molecular flexibility index (Phi) is 6.01. The maximum Gasteiger partial charge on any atom is 0.0709 e. The summed E-state index contributed by atoms with van der Waals surface area (Å²) < 4.78 is 8.71. The number of aromatic nitrogens is 2. The Labute approximate surface area is 129 Å². The Bertz CT molecular complexity index is 417. The van der Waals surface area contributed by atoms with E-state index in [4.69, 9.17) is 10.6 Å². The van der Waals surface area contributed by atoms with E-state index in [2.05, 4.69) is 40.3 Å². The van der Waals surface area contributed by atoms with Crippen molar-refractivity contribution in [2.45, 2.75) is 58.2 Å². The fourth-order valence-corrected chi connectivity index (χ4v) is 3.51. The second kappa shape index (κ2) is 7.54. The molecule has 0 bridgehead atoms. The lowest BCUT2D eigenvalue weighted by Gasteiger charge is -2.37. The molecule has 0 aliphatic heterocycles. The van der Waals surface area contributed by atoms with Gasteiger partial charge >= 0.3 is 0 Å². The standard InChI is InChI=1S/C14H25BrN4O/c1-3-5-19-14(12(15)9-17-19)13(18-16)8-10-6-11(7-10)20-4-2/h9-11,13,18H,3-8,16H2,1-2H3. The van der Waals surface area contributed by atoms with Gasteiger partial charge in [0.1, 0.15) is 0 Å². The number of hydrogen-bond acceptors (Lipinski definition) is 4. The molecule has 0 radical (unpaired) electrons. The molecule has 1 aliphatic carbocycles. The van der Waals surface area contributed by atoms with E-state index in [1.165, 1.54) is 0 Å². The second-order valence-corrected chi connectivity index (χ2v) is 6.32. The normalized spacial score (nSPS) is 23.6. The van der Waals surface area contributed by atoms with Crippen LogP contribution in [0, 0.1) is 5.92 Å². The van der Waals surface area contributed by atoms with Crippen LogP contribution in [-0.4, -0.2) is 22.5 Å². The third kappa shape index (κ3) is 3.61. The van der Waals surface area contributed by atoms with Crippen LogP contribution in [0.15, 0.2) is 10.7 Å². The highest BCUT2D eigenvalue weighted by molar-refractivity contribution is 9.10. The number of hydrazine groups is 1. The molecular weight excluding hydrogens is 320 g/mol. The van der Waals surface area contributed by atoms with Crippen LogP contribution in [0.5, 0.6) is 0 Å². The van der Waals surface area contributed by atoms with Gasteiger partial charge in [-0.05, 0) is 54.5 Å². The van der Waals surface area contributed by atoms with Crippen LogP contribution in [0.4, 0.5) is 0 Å². The van der Waals surface area contributed by atoms with Crippen molar-refractivity contribution in [3.8, 4) is 0 Å². The number of rotatable bonds is 8. The van der Waals surface area contributed by atoms with Crippen LogP contribution >= 0.6 is 15.9 Å². The van der Waals surface area contributed by atoms with E-state index in [1.807, 2.05) is 10.9 Å². The van der Waals surface area contributed by atoms with Crippen molar-refractivity contribution in [2.24, 2.45) is 11.8 Å². The minimum Gasteiger partial charge on any atom is -0.378 e. The quantitative estimate of drug-likeness (QED) is 0.562. The molecule has 20 heavy (non-hydrogen) atoms. The Morgan fingerprint density at radius 1 is 1.55 bits per heavy atom. The van der Waals surface area contributed by atoms with E-state index in [0.29, 0.717) is 12.0 Å². The van der Waals surface area contributed by atoms with Crippen LogP contribution in [0.2, 0.25) is 0 Å². The number of ether oxygens (including phenoxy) is 1. The first-order valence-electron chi connectivity index (χ1n) is 7.48. The molecular formula is C14H25BrN4O. The van der Waals surface area contributed by atoms with Gasteiger partial charge in [0.15, 0.2) is 0 Å². The molecule has 3 N–H and O–H groups in total. The fourth-order valence-electron chi connectivity index (χ4n) is 2.94. The van der Waals surface area contributed by atoms with E-state index in [0.717, 1.165) is 49.0 Å². The average molecular weight is 345 g/mol. The van der Waals surface area contributed by atoms with Crippen molar-refractivity contribution in [2.75, 3.05) is 6.61 Å². The highest BCUT2D eigenvalue weighted by Crippen LogP contribution is 2.38. The summed E-state index contributed by atoms with van der Waals surface area (Å²) >= 11 is 3.59. The number of hydrogen-bond donors (Lipinski definition) is 2. The van der Waals surface area contributed by atoms with E-state index >= 15 is 0 Å². The molecule has 2 rings (SSSR count). The first-order chi connectivity index (χ1) is 9.69. The van der Waals surface area contributed by atoms with Gasteiger partial charge in [-0.2, -0.15) is 5.10 Å². The third-order valence-corrected chi connectivity index (χ3v) is 4.57. The van der Waals surface area contributed by atoms with Gasteiger partial charge in [0.2, 0.25) is 0 Å². The van der Waals surface area contributed by atoms with Crippen LogP contribution in [0.25, 0.3) is 0 Å². The monoisotopic (exact) mass is 344 g/mol. The van der Waals surface area contributed by atoms with Gasteiger partial charge < -0.3 is 4.74 Å². The van der Waals surface area contributed by atoms with E-state index in [1.54, 1.807) is 0 Å². The molecule has 0 amide bonds. The van der Waals surface area contributed by atoms with Gasteiger partial charge in [0, 0.05) is 13.2 Å². The summed E-state index contributed by atoms with van der Waals surface area (Å²) in [6.07, 6.45) is 6.70. The van der Waals surface area contributed by atoms with Gasteiger partial charge in [-0.1, -0.05) is 6.92 Å². The predicted molar refractivity (Wildman–Crippen MR) is 83.0 cm³/mol. The molecule has 1 aliphatic rings. The number of halogens is 1. The highest BCUT2D eigenvalue weighted by atomic mass is 79.9. The molecule has 1 saturated carbocycles. The molecule has 6 heteroatoms. The topological polar surface area (TPSA) is 65.1 Å². The van der Waals surface area contributed by atoms with E-state index < -0.39 is 0 Å². The Balaban J connectivity index is 1.97. The lowest BCUT2D eigenvalue weighted by molar-refractivity contribution is -0.0294. The number of nitrogens with one attached hydrogen (secondary N) is 1. The molecule has 1 unspecified atom stereocenters. The molecule has 1 atom stereocenters. The smallest absolute Gasteiger partial charge is 0.0709 e. The minimum atomic E-state index is 0.144. The van der Waals surface area contributed by atoms with Gasteiger partial charge in [0.05, 0.1) is 28.5 Å². The van der Waals surface area contributed by atoms with Crippen molar-refractivity contribution in [1.82, 2.24) is 15.2 Å².